The highest BCUT2D eigenvalue weighted by molar-refractivity contribution is 9.10. The van der Waals surface area contributed by atoms with E-state index in [9.17, 15) is 14.9 Å². The van der Waals surface area contributed by atoms with Crippen LogP contribution in [0.2, 0.25) is 0 Å². The highest BCUT2D eigenvalue weighted by atomic mass is 79.9. The minimum absolute atomic E-state index is 0.156. The van der Waals surface area contributed by atoms with Crippen LogP contribution in [0.4, 0.5) is 11.5 Å². The van der Waals surface area contributed by atoms with Crippen LogP contribution in [0.25, 0.3) is 0 Å². The quantitative estimate of drug-likeness (QED) is 0.276. The predicted molar refractivity (Wildman–Crippen MR) is 130 cm³/mol. The van der Waals surface area contributed by atoms with E-state index < -0.39 is 4.92 Å². The molecule has 11 heteroatoms. The molecule has 180 valence electrons. The lowest BCUT2D eigenvalue weighted by molar-refractivity contribution is -0.390. The minimum atomic E-state index is -0.602. The Labute approximate surface area is 205 Å². The lowest BCUT2D eigenvalue weighted by atomic mass is 10.2. The number of nitrogens with zero attached hydrogens (tertiary/aromatic N) is 3. The highest BCUT2D eigenvalue weighted by Crippen LogP contribution is 2.29. The van der Waals surface area contributed by atoms with E-state index in [1.807, 2.05) is 32.0 Å². The van der Waals surface area contributed by atoms with E-state index in [1.54, 1.807) is 31.2 Å². The van der Waals surface area contributed by atoms with E-state index in [1.165, 1.54) is 4.68 Å². The van der Waals surface area contributed by atoms with Crippen LogP contribution in [-0.2, 0) is 17.9 Å². The van der Waals surface area contributed by atoms with Gasteiger partial charge in [0.1, 0.15) is 23.4 Å². The Morgan fingerprint density at radius 2 is 1.76 bits per heavy atom. The Hall–Kier alpha value is -3.60. The topological polar surface area (TPSA) is 118 Å². The number of nitrogens with one attached hydrogen (secondary N) is 1. The average molecular weight is 533 g/mol. The number of hydrogen-bond donors (Lipinski definition) is 1. The number of ether oxygens (including phenoxy) is 3. The van der Waals surface area contributed by atoms with E-state index in [2.05, 4.69) is 26.3 Å². The van der Waals surface area contributed by atoms with Crippen molar-refractivity contribution in [1.82, 2.24) is 9.78 Å². The maximum Gasteiger partial charge on any atom is 0.404 e. The van der Waals surface area contributed by atoms with Gasteiger partial charge in [0, 0.05) is 5.69 Å². The van der Waals surface area contributed by atoms with Crippen LogP contribution in [-0.4, -0.2) is 33.8 Å². The molecule has 3 rings (SSSR count). The molecule has 10 nitrogen and oxygen atoms in total. The first-order valence-corrected chi connectivity index (χ1v) is 11.4. The lowest BCUT2D eigenvalue weighted by Gasteiger charge is -2.13. The fourth-order valence-electron chi connectivity index (χ4n) is 3.10. The molecule has 0 unspecified atom stereocenters. The first kappa shape index (κ1) is 25.0. The summed E-state index contributed by atoms with van der Waals surface area (Å²) in [5, 5.41) is 17.6. The van der Waals surface area contributed by atoms with Crippen LogP contribution >= 0.6 is 15.9 Å². The summed E-state index contributed by atoms with van der Waals surface area (Å²) >= 11 is 3.14. The SMILES string of the molecule is CCOc1ccc(COc2ccc(NC(=O)Cn3nc([N+](=O)[O-])c(Br)c3C)cc2)cc1OCC. The number of halogens is 1. The third-order valence-corrected chi connectivity index (χ3v) is 5.66. The van der Waals surface area contributed by atoms with Crippen LogP contribution < -0.4 is 19.5 Å². The predicted octanol–water partition coefficient (Wildman–Crippen LogP) is 4.88. The van der Waals surface area contributed by atoms with Crippen molar-refractivity contribution in [2.24, 2.45) is 0 Å². The van der Waals surface area contributed by atoms with Gasteiger partial charge in [0.05, 0.1) is 24.0 Å². The third kappa shape index (κ3) is 6.25. The van der Waals surface area contributed by atoms with Crippen molar-refractivity contribution < 1.29 is 23.9 Å². The minimum Gasteiger partial charge on any atom is -0.490 e. The molecule has 0 aliphatic heterocycles. The van der Waals surface area contributed by atoms with E-state index in [0.717, 1.165) is 5.56 Å². The molecule has 1 heterocycles. The van der Waals surface area contributed by atoms with Crippen molar-refractivity contribution in [3.8, 4) is 17.2 Å². The smallest absolute Gasteiger partial charge is 0.404 e. The van der Waals surface area contributed by atoms with Crippen molar-refractivity contribution in [2.75, 3.05) is 18.5 Å². The summed E-state index contributed by atoms with van der Waals surface area (Å²) in [6.07, 6.45) is 0. The first-order chi connectivity index (χ1) is 16.3. The number of benzene rings is 2. The Balaban J connectivity index is 1.57. The number of nitro groups is 1. The second-order valence-electron chi connectivity index (χ2n) is 7.15. The normalized spacial score (nSPS) is 10.6. The van der Waals surface area contributed by atoms with Gasteiger partial charge in [0.2, 0.25) is 5.91 Å². The Morgan fingerprint density at radius 3 is 2.38 bits per heavy atom. The molecule has 3 aromatic rings. The van der Waals surface area contributed by atoms with Crippen LogP contribution in [0.15, 0.2) is 46.9 Å². The van der Waals surface area contributed by atoms with Gasteiger partial charge in [-0.15, -0.1) is 0 Å². The molecule has 0 atom stereocenters. The zero-order valence-electron chi connectivity index (χ0n) is 19.0. The highest BCUT2D eigenvalue weighted by Gasteiger charge is 2.24. The van der Waals surface area contributed by atoms with E-state index in [-0.39, 0.29) is 22.7 Å². The molecule has 0 spiro atoms. The van der Waals surface area contributed by atoms with Crippen LogP contribution in [0.3, 0.4) is 0 Å². The van der Waals surface area contributed by atoms with Crippen molar-refractivity contribution >= 4 is 33.3 Å². The molecule has 1 amide bonds. The molecule has 0 saturated heterocycles. The molecule has 0 fully saturated rings. The fraction of sp³-hybridized carbons (Fsp3) is 0.304. The average Bonchev–Trinajstić information content (AvgIpc) is 3.09. The van der Waals surface area contributed by atoms with Crippen molar-refractivity contribution in [1.29, 1.82) is 0 Å². The summed E-state index contributed by atoms with van der Waals surface area (Å²) in [6, 6.07) is 12.6. The molecule has 1 aromatic heterocycles. The zero-order chi connectivity index (χ0) is 24.7. The number of rotatable bonds is 11. The molecule has 0 aliphatic rings. The lowest BCUT2D eigenvalue weighted by Crippen LogP contribution is -2.20. The monoisotopic (exact) mass is 532 g/mol. The maximum absolute atomic E-state index is 12.4. The van der Waals surface area contributed by atoms with Crippen LogP contribution in [0.5, 0.6) is 17.2 Å². The standard InChI is InChI=1S/C23H25BrN4O6/c1-4-32-19-11-6-16(12-20(19)33-5-2)14-34-18-9-7-17(8-10-18)25-21(29)13-27-15(3)22(24)23(26-27)28(30)31/h6-12H,4-5,13-14H2,1-3H3,(H,25,29). The summed E-state index contributed by atoms with van der Waals surface area (Å²) in [4.78, 5) is 22.8. The van der Waals surface area contributed by atoms with Gasteiger partial charge in [-0.3, -0.25) is 4.79 Å². The van der Waals surface area contributed by atoms with E-state index in [0.29, 0.717) is 48.5 Å². The Kier molecular flexibility index (Phi) is 8.47. The summed E-state index contributed by atoms with van der Waals surface area (Å²) < 4.78 is 18.6. The Bertz CT molecular complexity index is 1160. The van der Waals surface area contributed by atoms with E-state index >= 15 is 0 Å². The van der Waals surface area contributed by atoms with Gasteiger partial charge in [-0.05, 0) is 83.6 Å². The number of carbonyl (C=O) groups excluding carboxylic acids is 1. The van der Waals surface area contributed by atoms with Gasteiger partial charge in [0.15, 0.2) is 11.5 Å². The van der Waals surface area contributed by atoms with Gasteiger partial charge in [-0.25, -0.2) is 0 Å². The molecular formula is C23H25BrN4O6. The number of carbonyl (C=O) groups is 1. The van der Waals surface area contributed by atoms with Gasteiger partial charge < -0.3 is 29.6 Å². The molecule has 0 radical (unpaired) electrons. The Morgan fingerprint density at radius 1 is 1.09 bits per heavy atom. The first-order valence-electron chi connectivity index (χ1n) is 10.6. The van der Waals surface area contributed by atoms with Gasteiger partial charge in [-0.2, -0.15) is 4.68 Å². The third-order valence-electron chi connectivity index (χ3n) is 4.73. The molecule has 0 saturated carbocycles. The number of anilines is 1. The fourth-order valence-corrected chi connectivity index (χ4v) is 3.53. The largest absolute Gasteiger partial charge is 0.490 e. The summed E-state index contributed by atoms with van der Waals surface area (Å²) in [5.41, 5.74) is 1.99. The second kappa shape index (κ2) is 11.5. The summed E-state index contributed by atoms with van der Waals surface area (Å²) in [5.74, 6) is 1.31. The second-order valence-corrected chi connectivity index (χ2v) is 7.94. The molecule has 0 aliphatic carbocycles. The van der Waals surface area contributed by atoms with Crippen LogP contribution in [0, 0.1) is 17.0 Å². The van der Waals surface area contributed by atoms with E-state index in [4.69, 9.17) is 14.2 Å². The zero-order valence-corrected chi connectivity index (χ0v) is 20.6. The van der Waals surface area contributed by atoms with Gasteiger partial charge >= 0.3 is 5.82 Å². The van der Waals surface area contributed by atoms with Crippen molar-refractivity contribution in [3.05, 3.63) is 68.3 Å². The molecule has 0 bridgehead atoms. The van der Waals surface area contributed by atoms with Crippen LogP contribution in [0.1, 0.15) is 25.1 Å². The molecule has 2 aromatic carbocycles. The summed E-state index contributed by atoms with van der Waals surface area (Å²) in [6.45, 7) is 6.75. The molecule has 34 heavy (non-hydrogen) atoms. The number of aromatic nitrogens is 2. The maximum atomic E-state index is 12.4. The number of amides is 1. The molecular weight excluding hydrogens is 508 g/mol. The van der Waals surface area contributed by atoms with Crippen molar-refractivity contribution in [3.63, 3.8) is 0 Å². The van der Waals surface area contributed by atoms with Gasteiger partial charge in [-0.1, -0.05) is 6.07 Å². The van der Waals surface area contributed by atoms with Gasteiger partial charge in [0.25, 0.3) is 0 Å². The van der Waals surface area contributed by atoms with Crippen molar-refractivity contribution in [2.45, 2.75) is 33.9 Å². The number of hydrogen-bond acceptors (Lipinski definition) is 7. The molecule has 1 N–H and O–H groups in total. The summed E-state index contributed by atoms with van der Waals surface area (Å²) in [7, 11) is 0.